The Balaban J connectivity index is 1.77. The summed E-state index contributed by atoms with van der Waals surface area (Å²) < 4.78 is 20.0. The van der Waals surface area contributed by atoms with E-state index in [2.05, 4.69) is 37.2 Å². The van der Waals surface area contributed by atoms with Gasteiger partial charge in [-0.1, -0.05) is 15.9 Å². The number of rotatable bonds is 5. The van der Waals surface area contributed by atoms with E-state index in [1.54, 1.807) is 12.1 Å². The molecule has 2 rings (SSSR count). The predicted octanol–water partition coefficient (Wildman–Crippen LogP) is 4.84. The summed E-state index contributed by atoms with van der Waals surface area (Å²) in [5.74, 6) is 0.353. The van der Waals surface area contributed by atoms with Crippen LogP contribution in [0, 0.1) is 5.82 Å². The van der Waals surface area contributed by atoms with Gasteiger partial charge in [-0.05, 0) is 58.4 Å². The van der Waals surface area contributed by atoms with Crippen molar-refractivity contribution in [1.82, 2.24) is 0 Å². The van der Waals surface area contributed by atoms with E-state index >= 15 is 0 Å². The van der Waals surface area contributed by atoms with E-state index in [1.807, 2.05) is 24.3 Å². The Morgan fingerprint density at radius 2 is 1.79 bits per heavy atom. The molecule has 0 amide bonds. The van der Waals surface area contributed by atoms with Crippen molar-refractivity contribution in [2.45, 2.75) is 0 Å². The summed E-state index contributed by atoms with van der Waals surface area (Å²) in [6.45, 7) is 1.19. The topological polar surface area (TPSA) is 21.3 Å². The summed E-state index contributed by atoms with van der Waals surface area (Å²) in [5, 5.41) is 3.24. The molecule has 0 radical (unpaired) electrons. The lowest BCUT2D eigenvalue weighted by molar-refractivity contribution is 0.332. The highest BCUT2D eigenvalue weighted by molar-refractivity contribution is 9.10. The molecule has 0 bridgehead atoms. The fourth-order valence-electron chi connectivity index (χ4n) is 1.50. The highest BCUT2D eigenvalue weighted by atomic mass is 79.9. The minimum Gasteiger partial charge on any atom is -0.492 e. The summed E-state index contributed by atoms with van der Waals surface area (Å²) in [5.41, 5.74) is 1.03. The molecule has 0 unspecified atom stereocenters. The lowest BCUT2D eigenvalue weighted by atomic mass is 10.3. The van der Waals surface area contributed by atoms with Crippen LogP contribution >= 0.6 is 31.9 Å². The van der Waals surface area contributed by atoms with Gasteiger partial charge >= 0.3 is 0 Å². The number of benzene rings is 2. The van der Waals surface area contributed by atoms with Crippen molar-refractivity contribution < 1.29 is 9.13 Å². The smallest absolute Gasteiger partial charge is 0.137 e. The van der Waals surface area contributed by atoms with Crippen LogP contribution in [0.4, 0.5) is 10.1 Å². The van der Waals surface area contributed by atoms with Gasteiger partial charge in [0.2, 0.25) is 0 Å². The number of hydrogen-bond acceptors (Lipinski definition) is 2. The molecule has 5 heteroatoms. The number of anilines is 1. The van der Waals surface area contributed by atoms with Crippen molar-refractivity contribution in [3.63, 3.8) is 0 Å². The van der Waals surface area contributed by atoms with E-state index in [0.717, 1.165) is 10.2 Å². The Morgan fingerprint density at radius 3 is 2.47 bits per heavy atom. The molecule has 0 saturated heterocycles. The number of halogens is 3. The second-order valence-electron chi connectivity index (χ2n) is 3.86. The fraction of sp³-hybridized carbons (Fsp3) is 0.143. The molecule has 0 saturated carbocycles. The third kappa shape index (κ3) is 4.51. The zero-order chi connectivity index (χ0) is 13.7. The lowest BCUT2D eigenvalue weighted by Gasteiger charge is -2.09. The zero-order valence-electron chi connectivity index (χ0n) is 10.00. The number of hydrogen-bond donors (Lipinski definition) is 1. The summed E-state index contributed by atoms with van der Waals surface area (Å²) in [6, 6.07) is 12.5. The molecule has 0 aliphatic carbocycles. The molecular weight excluding hydrogens is 377 g/mol. The van der Waals surface area contributed by atoms with Gasteiger partial charge in [-0.3, -0.25) is 0 Å². The van der Waals surface area contributed by atoms with Gasteiger partial charge < -0.3 is 10.1 Å². The van der Waals surface area contributed by atoms with Crippen molar-refractivity contribution in [3.05, 3.63) is 57.2 Å². The van der Waals surface area contributed by atoms with Crippen LogP contribution in [0.1, 0.15) is 0 Å². The maximum atomic E-state index is 13.0. The molecule has 0 aliphatic heterocycles. The summed E-state index contributed by atoms with van der Waals surface area (Å²) >= 11 is 6.51. The molecule has 19 heavy (non-hydrogen) atoms. The molecule has 0 atom stereocenters. The Morgan fingerprint density at radius 1 is 1.05 bits per heavy atom. The van der Waals surface area contributed by atoms with Gasteiger partial charge in [-0.2, -0.15) is 0 Å². The molecule has 0 aromatic heterocycles. The highest BCUT2D eigenvalue weighted by Crippen LogP contribution is 2.21. The Bertz CT molecular complexity index is 546. The first-order valence-corrected chi connectivity index (χ1v) is 7.31. The fourth-order valence-corrected chi connectivity index (χ4v) is 2.12. The van der Waals surface area contributed by atoms with Gasteiger partial charge in [-0.15, -0.1) is 0 Å². The van der Waals surface area contributed by atoms with Crippen molar-refractivity contribution in [3.8, 4) is 5.75 Å². The minimum atomic E-state index is -0.291. The SMILES string of the molecule is Fc1ccc(OCCNc2ccc(Br)cc2)cc1Br. The third-order valence-corrected chi connectivity index (χ3v) is 3.57. The third-order valence-electron chi connectivity index (χ3n) is 2.44. The van der Waals surface area contributed by atoms with E-state index < -0.39 is 0 Å². The maximum Gasteiger partial charge on any atom is 0.137 e. The van der Waals surface area contributed by atoms with Gasteiger partial charge in [-0.25, -0.2) is 4.39 Å². The minimum absolute atomic E-state index is 0.291. The molecule has 0 aliphatic rings. The van der Waals surface area contributed by atoms with E-state index in [0.29, 0.717) is 23.4 Å². The van der Waals surface area contributed by atoms with Crippen LogP contribution in [-0.4, -0.2) is 13.2 Å². The molecule has 2 aromatic rings. The van der Waals surface area contributed by atoms with E-state index in [4.69, 9.17) is 4.74 Å². The summed E-state index contributed by atoms with van der Waals surface area (Å²) in [6.07, 6.45) is 0. The van der Waals surface area contributed by atoms with Crippen molar-refractivity contribution in [2.75, 3.05) is 18.5 Å². The van der Waals surface area contributed by atoms with E-state index in [-0.39, 0.29) is 5.82 Å². The Labute approximate surface area is 128 Å². The van der Waals surface area contributed by atoms with Crippen LogP contribution in [0.2, 0.25) is 0 Å². The van der Waals surface area contributed by atoms with Crippen LogP contribution in [0.15, 0.2) is 51.4 Å². The molecule has 0 fully saturated rings. The first-order chi connectivity index (χ1) is 9.15. The van der Waals surface area contributed by atoms with Gasteiger partial charge in [0.1, 0.15) is 18.2 Å². The highest BCUT2D eigenvalue weighted by Gasteiger charge is 2.01. The monoisotopic (exact) mass is 387 g/mol. The maximum absolute atomic E-state index is 13.0. The van der Waals surface area contributed by atoms with Gasteiger partial charge in [0.05, 0.1) is 4.47 Å². The first kappa shape index (κ1) is 14.3. The second-order valence-corrected chi connectivity index (χ2v) is 5.63. The van der Waals surface area contributed by atoms with Crippen molar-refractivity contribution in [2.24, 2.45) is 0 Å². The molecule has 2 aromatic carbocycles. The standard InChI is InChI=1S/C14H12Br2FNO/c15-10-1-3-11(4-2-10)18-7-8-19-12-5-6-14(17)13(16)9-12/h1-6,9,18H,7-8H2. The first-order valence-electron chi connectivity index (χ1n) is 5.72. The summed E-state index contributed by atoms with van der Waals surface area (Å²) in [4.78, 5) is 0. The largest absolute Gasteiger partial charge is 0.492 e. The van der Waals surface area contributed by atoms with Gasteiger partial charge in [0.15, 0.2) is 0 Å². The molecule has 2 nitrogen and oxygen atoms in total. The number of nitrogens with one attached hydrogen (secondary N) is 1. The van der Waals surface area contributed by atoms with Crippen molar-refractivity contribution in [1.29, 1.82) is 0 Å². The average Bonchev–Trinajstić information content (AvgIpc) is 2.41. The molecular formula is C14H12Br2FNO. The lowest BCUT2D eigenvalue weighted by Crippen LogP contribution is -2.11. The van der Waals surface area contributed by atoms with Crippen LogP contribution in [0.3, 0.4) is 0 Å². The molecule has 0 spiro atoms. The van der Waals surface area contributed by atoms with E-state index in [9.17, 15) is 4.39 Å². The van der Waals surface area contributed by atoms with Gasteiger partial charge in [0.25, 0.3) is 0 Å². The number of ether oxygens (including phenoxy) is 1. The summed E-state index contributed by atoms with van der Waals surface area (Å²) in [7, 11) is 0. The second kappa shape index (κ2) is 6.91. The van der Waals surface area contributed by atoms with Crippen LogP contribution in [0.25, 0.3) is 0 Å². The molecule has 100 valence electrons. The molecule has 1 N–H and O–H groups in total. The van der Waals surface area contributed by atoms with E-state index in [1.165, 1.54) is 6.07 Å². The van der Waals surface area contributed by atoms with Gasteiger partial charge in [0, 0.05) is 16.7 Å². The normalized spacial score (nSPS) is 10.3. The van der Waals surface area contributed by atoms with Crippen molar-refractivity contribution >= 4 is 37.5 Å². The zero-order valence-corrected chi connectivity index (χ0v) is 13.2. The average molecular weight is 389 g/mol. The van der Waals surface area contributed by atoms with Crippen LogP contribution in [0.5, 0.6) is 5.75 Å². The quantitative estimate of drug-likeness (QED) is 0.740. The van der Waals surface area contributed by atoms with Crippen LogP contribution < -0.4 is 10.1 Å². The Kier molecular flexibility index (Phi) is 5.22. The Hall–Kier alpha value is -1.07. The van der Waals surface area contributed by atoms with Crippen LogP contribution in [-0.2, 0) is 0 Å². The molecule has 0 heterocycles. The predicted molar refractivity (Wildman–Crippen MR) is 82.2 cm³/mol.